The number of hydrogen-bond acceptors (Lipinski definition) is 3. The van der Waals surface area contributed by atoms with Gasteiger partial charge < -0.3 is 4.74 Å². The van der Waals surface area contributed by atoms with Crippen LogP contribution in [-0.4, -0.2) is 27.9 Å². The van der Waals surface area contributed by atoms with Gasteiger partial charge in [-0.15, -0.1) is 0 Å². The van der Waals surface area contributed by atoms with Gasteiger partial charge in [-0.3, -0.25) is 4.98 Å². The molecule has 4 rings (SSSR count). The van der Waals surface area contributed by atoms with Crippen molar-refractivity contribution in [3.05, 3.63) is 72.3 Å². The van der Waals surface area contributed by atoms with E-state index in [0.717, 1.165) is 10.6 Å². The fraction of sp³-hybridized carbons (Fsp3) is 0.143. The predicted octanol–water partition coefficient (Wildman–Crippen LogP) is 5.57. The zero-order chi connectivity index (χ0) is 21.3. The van der Waals surface area contributed by atoms with Crippen LogP contribution in [0.2, 0.25) is 0 Å². The number of nitrogens with zero attached hydrogens (tertiary/aromatic N) is 3. The number of rotatable bonds is 5. The van der Waals surface area contributed by atoms with Crippen LogP contribution in [0, 0.1) is 5.82 Å². The molecule has 0 N–H and O–H groups in total. The van der Waals surface area contributed by atoms with Gasteiger partial charge in [0.15, 0.2) is 0 Å². The third-order valence-electron chi connectivity index (χ3n) is 4.46. The second kappa shape index (κ2) is 7.74. The summed E-state index contributed by atoms with van der Waals surface area (Å²) in [5, 5.41) is 4.34. The molecule has 4 aromatic rings. The molecule has 0 unspecified atom stereocenters. The summed E-state index contributed by atoms with van der Waals surface area (Å²) in [4.78, 5) is 3.96. The van der Waals surface area contributed by atoms with Crippen molar-refractivity contribution in [3.63, 3.8) is 0 Å². The molecule has 3 heterocycles. The van der Waals surface area contributed by atoms with Crippen molar-refractivity contribution in [2.75, 3.05) is 13.3 Å². The third kappa shape index (κ3) is 3.58. The Morgan fingerprint density at radius 2 is 1.60 bits per heavy atom. The first kappa shape index (κ1) is 19.8. The minimum Gasteiger partial charge on any atom is -0.474 e. The van der Waals surface area contributed by atoms with Crippen molar-refractivity contribution in [2.24, 2.45) is 0 Å². The molecule has 0 saturated heterocycles. The third-order valence-corrected chi connectivity index (χ3v) is 4.46. The number of aromatic nitrogens is 3. The lowest BCUT2D eigenvalue weighted by Gasteiger charge is -2.14. The summed E-state index contributed by atoms with van der Waals surface area (Å²) < 4.78 is 72.8. The van der Waals surface area contributed by atoms with Crippen molar-refractivity contribution >= 4 is 5.52 Å². The Labute approximate surface area is 167 Å². The van der Waals surface area contributed by atoms with Crippen LogP contribution < -0.4 is 4.74 Å². The first-order valence-corrected chi connectivity index (χ1v) is 8.88. The van der Waals surface area contributed by atoms with Crippen molar-refractivity contribution < 1.29 is 26.7 Å². The summed E-state index contributed by atoms with van der Waals surface area (Å²) >= 11 is 0. The minimum atomic E-state index is -4.72. The van der Waals surface area contributed by atoms with E-state index in [4.69, 9.17) is 4.74 Å². The van der Waals surface area contributed by atoms with Gasteiger partial charge in [0, 0.05) is 23.5 Å². The molecule has 0 fully saturated rings. The Morgan fingerprint density at radius 1 is 0.900 bits per heavy atom. The maximum Gasteiger partial charge on any atom is 0.421 e. The van der Waals surface area contributed by atoms with E-state index in [0.29, 0.717) is 27.9 Å². The fourth-order valence-corrected chi connectivity index (χ4v) is 3.19. The van der Waals surface area contributed by atoms with Gasteiger partial charge >= 0.3 is 6.18 Å². The highest BCUT2D eigenvalue weighted by molar-refractivity contribution is 5.92. The summed E-state index contributed by atoms with van der Waals surface area (Å²) in [5.74, 6) is -1.07. The van der Waals surface area contributed by atoms with Gasteiger partial charge in [0.2, 0.25) is 5.88 Å². The van der Waals surface area contributed by atoms with E-state index in [9.17, 15) is 22.0 Å². The van der Waals surface area contributed by atoms with Crippen molar-refractivity contribution in [2.45, 2.75) is 6.18 Å². The Morgan fingerprint density at radius 3 is 2.23 bits per heavy atom. The summed E-state index contributed by atoms with van der Waals surface area (Å²) in [6.45, 7) is -1.52. The predicted molar refractivity (Wildman–Crippen MR) is 100 cm³/mol. The van der Waals surface area contributed by atoms with Gasteiger partial charge in [-0.05, 0) is 54.1 Å². The van der Waals surface area contributed by atoms with Crippen molar-refractivity contribution in [1.29, 1.82) is 0 Å². The molecule has 0 bridgehead atoms. The molecule has 0 aliphatic rings. The van der Waals surface area contributed by atoms with E-state index < -0.39 is 36.7 Å². The Balaban J connectivity index is 2.06. The molecule has 1 aromatic carbocycles. The zero-order valence-corrected chi connectivity index (χ0v) is 15.3. The highest BCUT2D eigenvalue weighted by Gasteiger charge is 2.37. The maximum atomic E-state index is 13.5. The quantitative estimate of drug-likeness (QED) is 0.397. The molecule has 3 aromatic heterocycles. The van der Waals surface area contributed by atoms with Gasteiger partial charge in [-0.25, -0.2) is 8.78 Å². The van der Waals surface area contributed by atoms with Crippen LogP contribution in [0.25, 0.3) is 27.9 Å². The molecule has 9 heteroatoms. The van der Waals surface area contributed by atoms with Crippen molar-refractivity contribution in [1.82, 2.24) is 14.6 Å². The lowest BCUT2D eigenvalue weighted by molar-refractivity contribution is -0.139. The van der Waals surface area contributed by atoms with E-state index in [1.54, 1.807) is 12.1 Å². The highest BCUT2D eigenvalue weighted by atomic mass is 19.4. The van der Waals surface area contributed by atoms with Gasteiger partial charge in [-0.1, -0.05) is 0 Å². The second-order valence-electron chi connectivity index (χ2n) is 6.35. The van der Waals surface area contributed by atoms with E-state index in [1.165, 1.54) is 42.7 Å². The van der Waals surface area contributed by atoms with Gasteiger partial charge in [0.1, 0.15) is 30.4 Å². The average molecular weight is 419 g/mol. The molecule has 30 heavy (non-hydrogen) atoms. The summed E-state index contributed by atoms with van der Waals surface area (Å²) in [7, 11) is 0. The molecule has 0 saturated carbocycles. The van der Waals surface area contributed by atoms with Gasteiger partial charge in [0.25, 0.3) is 0 Å². The molecule has 0 aliphatic carbocycles. The average Bonchev–Trinajstić information content (AvgIpc) is 3.12. The van der Waals surface area contributed by atoms with Crippen LogP contribution in [-0.2, 0) is 6.18 Å². The summed E-state index contributed by atoms with van der Waals surface area (Å²) in [6.07, 6.45) is -1.64. The van der Waals surface area contributed by atoms with E-state index in [1.807, 2.05) is 0 Å². The number of halogens is 5. The van der Waals surface area contributed by atoms with Crippen LogP contribution >= 0.6 is 0 Å². The van der Waals surface area contributed by atoms with Crippen LogP contribution in [0.1, 0.15) is 5.56 Å². The molecular formula is C21H14F5N3O. The smallest absolute Gasteiger partial charge is 0.421 e. The molecular weight excluding hydrogens is 405 g/mol. The van der Waals surface area contributed by atoms with Gasteiger partial charge in [-0.2, -0.15) is 22.8 Å². The standard InChI is InChI=1S/C21H14F5N3O/c22-9-12-30-20-16(21(24,25)26)5-6-17-18(13-7-10-27-11-8-13)19(28-29(17)20)14-1-3-15(23)4-2-14/h1-8,10-11H,9,12H2. The number of pyridine rings is 2. The van der Waals surface area contributed by atoms with Crippen molar-refractivity contribution in [3.8, 4) is 28.3 Å². The SMILES string of the molecule is FCCOc1c(C(F)(F)F)ccc2c(-c3ccncc3)c(-c3ccc(F)cc3)nn12. The summed E-state index contributed by atoms with van der Waals surface area (Å²) in [6, 6.07) is 11.0. The number of hydrogen-bond donors (Lipinski definition) is 0. The topological polar surface area (TPSA) is 39.4 Å². The van der Waals surface area contributed by atoms with E-state index in [-0.39, 0.29) is 0 Å². The molecule has 0 amide bonds. The monoisotopic (exact) mass is 419 g/mol. The Kier molecular flexibility index (Phi) is 5.11. The summed E-state index contributed by atoms with van der Waals surface area (Å²) in [5.41, 5.74) is 1.24. The molecule has 0 spiro atoms. The molecule has 0 aliphatic heterocycles. The second-order valence-corrected chi connectivity index (χ2v) is 6.35. The minimum absolute atomic E-state index is 0.322. The number of benzene rings is 1. The number of alkyl halides is 4. The fourth-order valence-electron chi connectivity index (χ4n) is 3.19. The normalized spacial score (nSPS) is 11.8. The molecule has 0 radical (unpaired) electrons. The highest BCUT2D eigenvalue weighted by Crippen LogP contribution is 2.41. The first-order chi connectivity index (χ1) is 14.4. The Hall–Kier alpha value is -3.49. The van der Waals surface area contributed by atoms with Crippen LogP contribution in [0.15, 0.2) is 60.9 Å². The van der Waals surface area contributed by atoms with Crippen LogP contribution in [0.4, 0.5) is 22.0 Å². The Bertz CT molecular complexity index is 1170. The molecule has 4 nitrogen and oxygen atoms in total. The van der Waals surface area contributed by atoms with E-state index in [2.05, 4.69) is 10.1 Å². The zero-order valence-electron chi connectivity index (χ0n) is 15.3. The first-order valence-electron chi connectivity index (χ1n) is 8.88. The molecule has 154 valence electrons. The van der Waals surface area contributed by atoms with Crippen LogP contribution in [0.5, 0.6) is 5.88 Å². The van der Waals surface area contributed by atoms with Crippen LogP contribution in [0.3, 0.4) is 0 Å². The maximum absolute atomic E-state index is 13.5. The lowest BCUT2D eigenvalue weighted by Crippen LogP contribution is -2.13. The molecule has 0 atom stereocenters. The van der Waals surface area contributed by atoms with Gasteiger partial charge in [0.05, 0.1) is 5.52 Å². The van der Waals surface area contributed by atoms with E-state index >= 15 is 0 Å². The number of ether oxygens (including phenoxy) is 1. The lowest BCUT2D eigenvalue weighted by atomic mass is 10.0. The number of fused-ring (bicyclic) bond motifs is 1. The largest absolute Gasteiger partial charge is 0.474 e.